The topological polar surface area (TPSA) is 40.5 Å². The molecule has 116 valence electrons. The number of hydrogen-bond acceptors (Lipinski definition) is 2. The molecule has 2 rings (SSSR count). The summed E-state index contributed by atoms with van der Waals surface area (Å²) in [5.41, 5.74) is 0.655. The lowest BCUT2D eigenvalue weighted by molar-refractivity contribution is -0.140. The molecule has 0 aliphatic carbocycles. The Kier molecular flexibility index (Phi) is 5.09. The smallest absolute Gasteiger partial charge is 0.308 e. The van der Waals surface area contributed by atoms with Crippen LogP contribution in [0.2, 0.25) is 0 Å². The summed E-state index contributed by atoms with van der Waals surface area (Å²) in [6.07, 6.45) is 0. The first-order chi connectivity index (χ1) is 10.5. The SMILES string of the molecule is CC(CN(Cc1ccccc1F)c1ccccc1F)C(=O)O. The molecule has 2 aromatic carbocycles. The van der Waals surface area contributed by atoms with Crippen molar-refractivity contribution >= 4 is 11.7 Å². The molecule has 0 aliphatic rings. The van der Waals surface area contributed by atoms with E-state index < -0.39 is 23.5 Å². The first kappa shape index (κ1) is 15.9. The van der Waals surface area contributed by atoms with Crippen molar-refractivity contribution in [3.63, 3.8) is 0 Å². The third kappa shape index (κ3) is 3.81. The predicted molar refractivity (Wildman–Crippen MR) is 80.6 cm³/mol. The van der Waals surface area contributed by atoms with Crippen molar-refractivity contribution in [1.82, 2.24) is 0 Å². The summed E-state index contributed by atoms with van der Waals surface area (Å²) in [6, 6.07) is 12.3. The van der Waals surface area contributed by atoms with E-state index in [4.69, 9.17) is 5.11 Å². The van der Waals surface area contributed by atoms with Gasteiger partial charge in [0.15, 0.2) is 0 Å². The van der Waals surface area contributed by atoms with Crippen LogP contribution in [0.15, 0.2) is 48.5 Å². The van der Waals surface area contributed by atoms with Gasteiger partial charge in [-0.3, -0.25) is 4.79 Å². The van der Waals surface area contributed by atoms with Crippen LogP contribution in [0.4, 0.5) is 14.5 Å². The van der Waals surface area contributed by atoms with Crippen LogP contribution < -0.4 is 4.90 Å². The largest absolute Gasteiger partial charge is 0.481 e. The third-order valence-corrected chi connectivity index (χ3v) is 3.43. The van der Waals surface area contributed by atoms with Gasteiger partial charge in [0.25, 0.3) is 0 Å². The highest BCUT2D eigenvalue weighted by Gasteiger charge is 2.20. The summed E-state index contributed by atoms with van der Waals surface area (Å²) < 4.78 is 27.8. The summed E-state index contributed by atoms with van der Waals surface area (Å²) in [5, 5.41) is 9.07. The number of aliphatic carboxylic acids is 1. The quantitative estimate of drug-likeness (QED) is 0.885. The standard InChI is InChI=1S/C17H17F2NO2/c1-12(17(21)22)10-20(16-9-5-4-8-15(16)19)11-13-6-2-3-7-14(13)18/h2-9,12H,10-11H2,1H3,(H,21,22). The van der Waals surface area contributed by atoms with Gasteiger partial charge in [-0.2, -0.15) is 0 Å². The molecule has 0 spiro atoms. The zero-order chi connectivity index (χ0) is 16.1. The number of anilines is 1. The second-order valence-electron chi connectivity index (χ2n) is 5.16. The number of halogens is 2. The van der Waals surface area contributed by atoms with Gasteiger partial charge >= 0.3 is 5.97 Å². The molecule has 1 N–H and O–H groups in total. The van der Waals surface area contributed by atoms with Crippen molar-refractivity contribution in [2.45, 2.75) is 13.5 Å². The number of benzene rings is 2. The second-order valence-corrected chi connectivity index (χ2v) is 5.16. The number of carboxylic acids is 1. The number of nitrogens with zero attached hydrogens (tertiary/aromatic N) is 1. The van der Waals surface area contributed by atoms with Crippen LogP contribution in [0.1, 0.15) is 12.5 Å². The maximum absolute atomic E-state index is 14.0. The van der Waals surface area contributed by atoms with Gasteiger partial charge in [-0.1, -0.05) is 37.3 Å². The van der Waals surface area contributed by atoms with Gasteiger partial charge in [-0.05, 0) is 18.2 Å². The van der Waals surface area contributed by atoms with E-state index in [0.29, 0.717) is 5.56 Å². The van der Waals surface area contributed by atoms with Crippen molar-refractivity contribution in [3.05, 3.63) is 65.7 Å². The summed E-state index contributed by atoms with van der Waals surface area (Å²) in [7, 11) is 0. The summed E-state index contributed by atoms with van der Waals surface area (Å²) in [4.78, 5) is 12.6. The molecule has 5 heteroatoms. The first-order valence-corrected chi connectivity index (χ1v) is 6.94. The molecule has 0 radical (unpaired) electrons. The van der Waals surface area contributed by atoms with Crippen molar-refractivity contribution in [1.29, 1.82) is 0 Å². The Balaban J connectivity index is 2.31. The fraction of sp³-hybridized carbons (Fsp3) is 0.235. The number of carboxylic acid groups (broad SMARTS) is 1. The Morgan fingerprint density at radius 1 is 1.09 bits per heavy atom. The predicted octanol–water partition coefficient (Wildman–Crippen LogP) is 3.69. The van der Waals surface area contributed by atoms with Crippen LogP contribution in [0.25, 0.3) is 0 Å². The zero-order valence-electron chi connectivity index (χ0n) is 12.2. The fourth-order valence-electron chi connectivity index (χ4n) is 2.20. The minimum absolute atomic E-state index is 0.0879. The van der Waals surface area contributed by atoms with Crippen LogP contribution in [-0.4, -0.2) is 17.6 Å². The molecule has 2 aromatic rings. The van der Waals surface area contributed by atoms with Crippen LogP contribution >= 0.6 is 0 Å². The Bertz CT molecular complexity index is 661. The maximum Gasteiger partial charge on any atom is 0.308 e. The normalized spacial score (nSPS) is 12.0. The molecule has 22 heavy (non-hydrogen) atoms. The highest BCUT2D eigenvalue weighted by Crippen LogP contribution is 2.23. The van der Waals surface area contributed by atoms with Crippen LogP contribution in [0.3, 0.4) is 0 Å². The van der Waals surface area contributed by atoms with Gasteiger partial charge in [0.05, 0.1) is 11.6 Å². The Morgan fingerprint density at radius 3 is 2.27 bits per heavy atom. The van der Waals surface area contributed by atoms with Crippen molar-refractivity contribution in [3.8, 4) is 0 Å². The van der Waals surface area contributed by atoms with Gasteiger partial charge in [-0.15, -0.1) is 0 Å². The van der Waals surface area contributed by atoms with Crippen LogP contribution in [-0.2, 0) is 11.3 Å². The van der Waals surface area contributed by atoms with E-state index >= 15 is 0 Å². The summed E-state index contributed by atoms with van der Waals surface area (Å²) in [6.45, 7) is 1.73. The number of carbonyl (C=O) groups is 1. The molecule has 0 fully saturated rings. The monoisotopic (exact) mass is 305 g/mol. The molecule has 0 amide bonds. The molecule has 1 unspecified atom stereocenters. The third-order valence-electron chi connectivity index (χ3n) is 3.43. The van der Waals surface area contributed by atoms with Gasteiger partial charge in [0, 0.05) is 18.7 Å². The van der Waals surface area contributed by atoms with Gasteiger partial charge in [0.2, 0.25) is 0 Å². The Labute approximate surface area is 127 Å². The van der Waals surface area contributed by atoms with Gasteiger partial charge in [0.1, 0.15) is 11.6 Å². The molecule has 0 heterocycles. The molecule has 1 atom stereocenters. The Hall–Kier alpha value is -2.43. The lowest BCUT2D eigenvalue weighted by atomic mass is 10.1. The minimum atomic E-state index is -0.977. The zero-order valence-corrected chi connectivity index (χ0v) is 12.2. The highest BCUT2D eigenvalue weighted by molar-refractivity contribution is 5.70. The molecule has 0 saturated carbocycles. The van der Waals surface area contributed by atoms with Crippen molar-refractivity contribution in [2.24, 2.45) is 5.92 Å². The molecule has 0 aliphatic heterocycles. The number of rotatable bonds is 6. The fourth-order valence-corrected chi connectivity index (χ4v) is 2.20. The van der Waals surface area contributed by atoms with E-state index in [0.717, 1.165) is 0 Å². The van der Waals surface area contributed by atoms with Crippen molar-refractivity contribution < 1.29 is 18.7 Å². The molecule has 3 nitrogen and oxygen atoms in total. The van der Waals surface area contributed by atoms with Crippen molar-refractivity contribution in [2.75, 3.05) is 11.4 Å². The maximum atomic E-state index is 14.0. The van der Waals surface area contributed by atoms with E-state index in [-0.39, 0.29) is 18.8 Å². The molecular formula is C17H17F2NO2. The van der Waals surface area contributed by atoms with Crippen LogP contribution in [0, 0.1) is 17.6 Å². The van der Waals surface area contributed by atoms with E-state index in [1.54, 1.807) is 41.3 Å². The highest BCUT2D eigenvalue weighted by atomic mass is 19.1. The number of para-hydroxylation sites is 1. The average molecular weight is 305 g/mol. The first-order valence-electron chi connectivity index (χ1n) is 6.94. The molecule has 0 bridgehead atoms. The molecule has 0 aromatic heterocycles. The lowest BCUT2D eigenvalue weighted by Crippen LogP contribution is -2.32. The van der Waals surface area contributed by atoms with Gasteiger partial charge < -0.3 is 10.0 Å². The second kappa shape index (κ2) is 7.02. The molecule has 0 saturated heterocycles. The van der Waals surface area contributed by atoms with Crippen LogP contribution in [0.5, 0.6) is 0 Å². The van der Waals surface area contributed by atoms with E-state index in [1.165, 1.54) is 19.1 Å². The molecular weight excluding hydrogens is 288 g/mol. The van der Waals surface area contributed by atoms with E-state index in [9.17, 15) is 13.6 Å². The average Bonchev–Trinajstić information content (AvgIpc) is 2.49. The van der Waals surface area contributed by atoms with E-state index in [1.807, 2.05) is 0 Å². The summed E-state index contributed by atoms with van der Waals surface area (Å²) >= 11 is 0. The summed E-state index contributed by atoms with van der Waals surface area (Å²) in [5.74, 6) is -2.54. The lowest BCUT2D eigenvalue weighted by Gasteiger charge is -2.27. The van der Waals surface area contributed by atoms with Gasteiger partial charge in [-0.25, -0.2) is 8.78 Å². The van der Waals surface area contributed by atoms with E-state index in [2.05, 4.69) is 0 Å². The Morgan fingerprint density at radius 2 is 1.68 bits per heavy atom. The number of hydrogen-bond donors (Lipinski definition) is 1. The minimum Gasteiger partial charge on any atom is -0.481 e.